The van der Waals surface area contributed by atoms with Crippen molar-refractivity contribution in [2.24, 2.45) is 5.41 Å². The molecule has 2 fully saturated rings. The number of barbiturate groups is 1. The number of carbonyl (C=O) groups is 3. The van der Waals surface area contributed by atoms with Crippen LogP contribution in [0.4, 0.5) is 28.0 Å². The van der Waals surface area contributed by atoms with E-state index in [0.29, 0.717) is 11.3 Å². The Morgan fingerprint density at radius 2 is 1.90 bits per heavy atom. The number of halogens is 4. The maximum Gasteiger partial charge on any atom is 0.522 e. The summed E-state index contributed by atoms with van der Waals surface area (Å²) in [4.78, 5) is 51.9. The van der Waals surface area contributed by atoms with Gasteiger partial charge in [0.05, 0.1) is 40.8 Å². The first-order chi connectivity index (χ1) is 18.8. The molecule has 3 aromatic rings. The topological polar surface area (TPSA) is 145 Å². The molecule has 12 nitrogen and oxygen atoms in total. The van der Waals surface area contributed by atoms with Crippen molar-refractivity contribution in [3.05, 3.63) is 38.2 Å². The van der Waals surface area contributed by atoms with Gasteiger partial charge in [-0.15, -0.1) is 13.2 Å². The molecule has 4 amide bonds. The van der Waals surface area contributed by atoms with Crippen molar-refractivity contribution in [2.75, 3.05) is 11.4 Å². The minimum absolute atomic E-state index is 0.0184. The number of morpholine rings is 1. The normalized spacial score (nSPS) is 24.2. The molecule has 0 saturated carbocycles. The lowest BCUT2D eigenvalue weighted by Gasteiger charge is -2.55. The molecule has 212 valence electrons. The van der Waals surface area contributed by atoms with Gasteiger partial charge in [-0.05, 0) is 25.5 Å². The number of rotatable bonds is 3. The van der Waals surface area contributed by atoms with Crippen molar-refractivity contribution in [2.45, 2.75) is 51.5 Å². The highest BCUT2D eigenvalue weighted by atomic mass is 32.1. The van der Waals surface area contributed by atoms with Gasteiger partial charge in [0.2, 0.25) is 17.4 Å². The van der Waals surface area contributed by atoms with E-state index in [9.17, 15) is 32.3 Å². The summed E-state index contributed by atoms with van der Waals surface area (Å²) in [6.45, 7) is 2.55. The Morgan fingerprint density at radius 1 is 1.20 bits per heavy atom. The fraction of sp³-hybridized carbons (Fsp3) is 0.435. The number of nitrogens with zero attached hydrogens (tertiary/aromatic N) is 3. The number of carbonyl (C=O) groups excluding carboxylic acids is 3. The summed E-state index contributed by atoms with van der Waals surface area (Å²) in [5.74, 6) is -2.82. The minimum Gasteiger partial charge on any atom is -0.372 e. The molecule has 2 N–H and O–H groups in total. The number of hydrogen-bond acceptors (Lipinski definition) is 10. The van der Waals surface area contributed by atoms with E-state index >= 15 is 4.39 Å². The third kappa shape index (κ3) is 3.90. The predicted molar refractivity (Wildman–Crippen MR) is 127 cm³/mol. The molecule has 0 bridgehead atoms. The van der Waals surface area contributed by atoms with Gasteiger partial charge >= 0.3 is 17.3 Å². The molecular formula is C23H19F4N5O7S. The molecule has 40 heavy (non-hydrogen) atoms. The second kappa shape index (κ2) is 8.84. The summed E-state index contributed by atoms with van der Waals surface area (Å²) in [5, 5.41) is 8.05. The van der Waals surface area contributed by atoms with Gasteiger partial charge in [0.15, 0.2) is 17.1 Å². The number of fused-ring (bicyclic) bond motifs is 5. The number of benzene rings is 1. The second-order valence-electron chi connectivity index (χ2n) is 9.78. The fourth-order valence-corrected chi connectivity index (χ4v) is 6.60. The van der Waals surface area contributed by atoms with Gasteiger partial charge < -0.3 is 14.2 Å². The largest absolute Gasteiger partial charge is 0.522 e. The van der Waals surface area contributed by atoms with Crippen molar-refractivity contribution in [1.29, 1.82) is 0 Å². The summed E-state index contributed by atoms with van der Waals surface area (Å²) in [7, 11) is 0. The first-order valence-corrected chi connectivity index (χ1v) is 12.7. The van der Waals surface area contributed by atoms with E-state index in [2.05, 4.69) is 20.5 Å². The Balaban J connectivity index is 1.51. The van der Waals surface area contributed by atoms with E-state index in [-0.39, 0.29) is 45.9 Å². The molecule has 0 aliphatic carbocycles. The molecule has 2 aromatic heterocycles. The zero-order valence-electron chi connectivity index (χ0n) is 20.6. The monoisotopic (exact) mass is 585 g/mol. The van der Waals surface area contributed by atoms with Crippen molar-refractivity contribution in [3.63, 3.8) is 0 Å². The number of hydrogen-bond donors (Lipinski definition) is 2. The van der Waals surface area contributed by atoms with Crippen LogP contribution < -0.4 is 20.4 Å². The lowest BCUT2D eigenvalue weighted by molar-refractivity contribution is -0.330. The predicted octanol–water partition coefficient (Wildman–Crippen LogP) is 2.11. The average molecular weight is 585 g/mol. The highest BCUT2D eigenvalue weighted by Crippen LogP contribution is 2.49. The summed E-state index contributed by atoms with van der Waals surface area (Å²) in [6, 6.07) is -0.565. The van der Waals surface area contributed by atoms with Gasteiger partial charge in [-0.25, -0.2) is 9.18 Å². The van der Waals surface area contributed by atoms with Crippen LogP contribution in [0.5, 0.6) is 0 Å². The third-order valence-electron chi connectivity index (χ3n) is 7.24. The van der Waals surface area contributed by atoms with Gasteiger partial charge in [0.1, 0.15) is 0 Å². The first kappa shape index (κ1) is 26.4. The SMILES string of the molecule is C[C@@H]1CN2c3c(cc4c(-n5cc(COC(F)(F)F)sc5=O)noc4c3F)CC3(C(=O)NC(=O)NC3=O)[C@H]2[C@H](C)O1. The Hall–Kier alpha value is -3.83. The van der Waals surface area contributed by atoms with Gasteiger partial charge in [-0.2, -0.15) is 0 Å². The molecule has 3 aliphatic heterocycles. The Kier molecular flexibility index (Phi) is 5.83. The Labute approximate surface area is 224 Å². The van der Waals surface area contributed by atoms with E-state index < -0.39 is 65.2 Å². The summed E-state index contributed by atoms with van der Waals surface area (Å²) >= 11 is 0.476. The molecule has 5 heterocycles. The van der Waals surface area contributed by atoms with Gasteiger partial charge in [-0.3, -0.25) is 34.3 Å². The molecule has 1 aromatic carbocycles. The van der Waals surface area contributed by atoms with Crippen LogP contribution in [0.2, 0.25) is 0 Å². The van der Waals surface area contributed by atoms with E-state index in [4.69, 9.17) is 9.26 Å². The van der Waals surface area contributed by atoms with Gasteiger partial charge in [0.25, 0.3) is 0 Å². The zero-order chi connectivity index (χ0) is 28.7. The number of amides is 4. The maximum atomic E-state index is 16.2. The minimum atomic E-state index is -4.91. The summed E-state index contributed by atoms with van der Waals surface area (Å²) < 4.78 is 69.4. The summed E-state index contributed by atoms with van der Waals surface area (Å²) in [5.41, 5.74) is -1.98. The number of ether oxygens (including phenoxy) is 2. The smallest absolute Gasteiger partial charge is 0.372 e. The van der Waals surface area contributed by atoms with Crippen LogP contribution in [0.15, 0.2) is 21.6 Å². The van der Waals surface area contributed by atoms with Gasteiger partial charge in [-0.1, -0.05) is 16.5 Å². The van der Waals surface area contributed by atoms with Crippen LogP contribution in [-0.4, -0.2) is 58.7 Å². The van der Waals surface area contributed by atoms with E-state index in [1.54, 1.807) is 18.7 Å². The lowest BCUT2D eigenvalue weighted by atomic mass is 9.66. The lowest BCUT2D eigenvalue weighted by Crippen LogP contribution is -2.75. The molecule has 2 saturated heterocycles. The van der Waals surface area contributed by atoms with E-state index in [0.717, 1.165) is 10.8 Å². The van der Waals surface area contributed by atoms with Crippen LogP contribution in [-0.2, 0) is 32.1 Å². The molecular weight excluding hydrogens is 566 g/mol. The molecule has 0 unspecified atom stereocenters. The molecule has 6 rings (SSSR count). The van der Waals surface area contributed by atoms with Crippen molar-refractivity contribution in [3.8, 4) is 5.82 Å². The number of aromatic nitrogens is 2. The van der Waals surface area contributed by atoms with Crippen molar-refractivity contribution < 1.29 is 45.9 Å². The number of thiazole rings is 1. The highest BCUT2D eigenvalue weighted by molar-refractivity contribution is 7.09. The molecule has 3 atom stereocenters. The van der Waals surface area contributed by atoms with Crippen LogP contribution in [0.3, 0.4) is 0 Å². The number of imide groups is 2. The molecule has 1 spiro atoms. The van der Waals surface area contributed by atoms with E-state index in [1.165, 1.54) is 6.07 Å². The third-order valence-corrected chi connectivity index (χ3v) is 8.10. The number of alkyl halides is 3. The number of urea groups is 1. The fourth-order valence-electron chi connectivity index (χ4n) is 5.86. The van der Waals surface area contributed by atoms with Crippen molar-refractivity contribution in [1.82, 2.24) is 20.4 Å². The average Bonchev–Trinajstić information content (AvgIpc) is 3.43. The Morgan fingerprint density at radius 3 is 2.58 bits per heavy atom. The quantitative estimate of drug-likeness (QED) is 0.349. The number of nitrogens with one attached hydrogen (secondary N) is 2. The molecule has 0 radical (unpaired) electrons. The second-order valence-corrected chi connectivity index (χ2v) is 10.9. The molecule has 17 heteroatoms. The highest BCUT2D eigenvalue weighted by Gasteiger charge is 2.63. The van der Waals surface area contributed by atoms with Crippen LogP contribution in [0, 0.1) is 11.2 Å². The van der Waals surface area contributed by atoms with Crippen LogP contribution in [0.25, 0.3) is 16.8 Å². The van der Waals surface area contributed by atoms with Crippen LogP contribution >= 0.6 is 11.3 Å². The number of anilines is 1. The summed E-state index contributed by atoms with van der Waals surface area (Å²) in [6.07, 6.45) is -5.33. The van der Waals surface area contributed by atoms with Crippen LogP contribution in [0.1, 0.15) is 24.3 Å². The molecule has 3 aliphatic rings. The van der Waals surface area contributed by atoms with Crippen molar-refractivity contribution >= 4 is 45.8 Å². The first-order valence-electron chi connectivity index (χ1n) is 11.9. The van der Waals surface area contributed by atoms with Gasteiger partial charge in [0, 0.05) is 19.2 Å². The zero-order valence-corrected chi connectivity index (χ0v) is 21.4. The van der Waals surface area contributed by atoms with E-state index in [1.807, 2.05) is 0 Å². The standard InChI is InChI=1S/C23H19F4N5O7S/c1-8-5-31-14-10(4-22(16(31)9(2)38-8)18(33)28-20(35)29-19(22)34)3-12-15(13(14)24)39-30-17(12)32-6-11(40-21(32)36)7-37-23(25,26)27/h3,6,8-9,16H,4-5,7H2,1-2H3,(H2,28,29,33,34,35)/t8-,9+,16-/m1/s1. The Bertz CT molecular complexity index is 1630. The maximum absolute atomic E-state index is 16.2.